The number of carboxylic acid groups (broad SMARTS) is 1. The second-order valence-electron chi connectivity index (χ2n) is 10.1. The Kier molecular flexibility index (Phi) is 16.0. The molecule has 0 aliphatic heterocycles. The number of benzene rings is 1. The van der Waals surface area contributed by atoms with E-state index in [4.69, 9.17) is 16.6 Å². The van der Waals surface area contributed by atoms with E-state index in [1.54, 1.807) is 13.8 Å². The number of guanidine groups is 1. The number of nitrogens with zero attached hydrogens (tertiary/aromatic N) is 2. The second kappa shape index (κ2) is 19.1. The molecule has 18 heteroatoms. The molecule has 45 heavy (non-hydrogen) atoms. The summed E-state index contributed by atoms with van der Waals surface area (Å²) >= 11 is 0. The monoisotopic (exact) mass is 635 g/mol. The van der Waals surface area contributed by atoms with E-state index in [1.807, 2.05) is 0 Å². The maximum Gasteiger partial charge on any atom is 0.303 e. The molecule has 0 spiro atoms. The standard InChI is InChI=1S/C27H41N9O9/c1-4-15(2)23(32-16(3)37)26(43)34-20(11-12-22(39)40)24(41)31-14-21(38)35-25(42)19(6-5-13-30-27(28)29)33-17-7-9-18(10-8-17)36(44)45/h7-10,15,19-20,23,33H,4-6,11-14H2,1-3H3,(H,31,41)(H,32,37)(H,34,43)(H,39,40)(H4,28,29,30)(H,35,38,42). The highest BCUT2D eigenvalue weighted by atomic mass is 16.6. The van der Waals surface area contributed by atoms with Crippen molar-refractivity contribution >= 4 is 52.8 Å². The van der Waals surface area contributed by atoms with E-state index in [1.165, 1.54) is 31.2 Å². The van der Waals surface area contributed by atoms with Gasteiger partial charge in [0.2, 0.25) is 29.5 Å². The molecule has 0 fully saturated rings. The van der Waals surface area contributed by atoms with Crippen molar-refractivity contribution in [2.75, 3.05) is 18.4 Å². The minimum atomic E-state index is -1.36. The first-order valence-electron chi connectivity index (χ1n) is 14.1. The van der Waals surface area contributed by atoms with Crippen molar-refractivity contribution in [3.8, 4) is 0 Å². The highest BCUT2D eigenvalue weighted by Crippen LogP contribution is 2.17. The van der Waals surface area contributed by atoms with E-state index < -0.39 is 71.5 Å². The quantitative estimate of drug-likeness (QED) is 0.0301. The van der Waals surface area contributed by atoms with Crippen LogP contribution in [0.1, 0.15) is 52.9 Å². The number of anilines is 1. The van der Waals surface area contributed by atoms with Crippen molar-refractivity contribution in [3.05, 3.63) is 34.4 Å². The molecule has 0 bridgehead atoms. The lowest BCUT2D eigenvalue weighted by Gasteiger charge is -2.26. The Balaban J connectivity index is 2.93. The molecular formula is C27H41N9O9. The Hall–Kier alpha value is -5.29. The van der Waals surface area contributed by atoms with E-state index in [0.717, 1.165) is 0 Å². The van der Waals surface area contributed by atoms with Crippen LogP contribution in [0.4, 0.5) is 11.4 Å². The fourth-order valence-corrected chi connectivity index (χ4v) is 3.93. The Morgan fingerprint density at radius 3 is 2.16 bits per heavy atom. The zero-order valence-electron chi connectivity index (χ0n) is 25.3. The van der Waals surface area contributed by atoms with Crippen LogP contribution in [0.3, 0.4) is 0 Å². The van der Waals surface area contributed by atoms with Gasteiger partial charge in [0.15, 0.2) is 5.96 Å². The predicted octanol–water partition coefficient (Wildman–Crippen LogP) is -0.912. The van der Waals surface area contributed by atoms with Crippen molar-refractivity contribution < 1.29 is 38.8 Å². The molecule has 1 aromatic rings. The Morgan fingerprint density at radius 2 is 1.62 bits per heavy atom. The summed E-state index contributed by atoms with van der Waals surface area (Å²) < 4.78 is 0. The predicted molar refractivity (Wildman–Crippen MR) is 162 cm³/mol. The first-order valence-corrected chi connectivity index (χ1v) is 14.1. The molecule has 18 nitrogen and oxygen atoms in total. The van der Waals surface area contributed by atoms with Crippen LogP contribution in [-0.2, 0) is 28.8 Å². The van der Waals surface area contributed by atoms with Gasteiger partial charge in [0.05, 0.1) is 11.5 Å². The van der Waals surface area contributed by atoms with E-state index in [9.17, 15) is 38.9 Å². The first kappa shape index (κ1) is 37.7. The van der Waals surface area contributed by atoms with Crippen molar-refractivity contribution in [2.45, 2.75) is 71.0 Å². The Bertz CT molecular complexity index is 1250. The van der Waals surface area contributed by atoms with Gasteiger partial charge in [0.1, 0.15) is 18.1 Å². The number of hydrogen-bond acceptors (Lipinski definition) is 10. The number of rotatable bonds is 19. The Morgan fingerprint density at radius 1 is 0.978 bits per heavy atom. The molecule has 0 aliphatic rings. The van der Waals surface area contributed by atoms with Crippen LogP contribution in [0, 0.1) is 16.0 Å². The molecule has 1 aromatic carbocycles. The highest BCUT2D eigenvalue weighted by Gasteiger charge is 2.30. The first-order chi connectivity index (χ1) is 21.1. The molecule has 4 atom stereocenters. The lowest BCUT2D eigenvalue weighted by Crippen LogP contribution is -2.56. The summed E-state index contributed by atoms with van der Waals surface area (Å²) in [4.78, 5) is 88.3. The average Bonchev–Trinajstić information content (AvgIpc) is 2.97. The number of nitrogens with one attached hydrogen (secondary N) is 5. The number of imide groups is 1. The van der Waals surface area contributed by atoms with Crippen LogP contribution in [-0.4, -0.2) is 82.7 Å². The second-order valence-corrected chi connectivity index (χ2v) is 10.1. The number of carbonyl (C=O) groups is 6. The van der Waals surface area contributed by atoms with Gasteiger partial charge in [-0.15, -0.1) is 0 Å². The van der Waals surface area contributed by atoms with Gasteiger partial charge in [-0.3, -0.25) is 49.2 Å². The molecule has 10 N–H and O–H groups in total. The number of nitro benzene ring substituents is 1. The topological polar surface area (TPSA) is 290 Å². The maximum atomic E-state index is 13.0. The third-order valence-electron chi connectivity index (χ3n) is 6.50. The summed E-state index contributed by atoms with van der Waals surface area (Å²) in [5.41, 5.74) is 10.8. The summed E-state index contributed by atoms with van der Waals surface area (Å²) in [7, 11) is 0. The van der Waals surface area contributed by atoms with Crippen LogP contribution in [0.15, 0.2) is 29.3 Å². The number of aliphatic carboxylic acids is 1. The number of aliphatic imine (C=N–C) groups is 1. The molecular weight excluding hydrogens is 594 g/mol. The molecule has 1 rings (SSSR count). The number of hydrogen-bond donors (Lipinski definition) is 8. The van der Waals surface area contributed by atoms with E-state index in [2.05, 4.69) is 31.6 Å². The van der Waals surface area contributed by atoms with Gasteiger partial charge in [0, 0.05) is 37.7 Å². The average molecular weight is 636 g/mol. The van der Waals surface area contributed by atoms with Gasteiger partial charge in [-0.05, 0) is 37.3 Å². The summed E-state index contributed by atoms with van der Waals surface area (Å²) in [6.45, 7) is 4.24. The largest absolute Gasteiger partial charge is 0.481 e. The molecule has 248 valence electrons. The zero-order valence-corrected chi connectivity index (χ0v) is 25.3. The summed E-state index contributed by atoms with van der Waals surface area (Å²) in [6.07, 6.45) is 0.202. The van der Waals surface area contributed by atoms with Crippen molar-refractivity contribution in [1.82, 2.24) is 21.3 Å². The third-order valence-corrected chi connectivity index (χ3v) is 6.50. The van der Waals surface area contributed by atoms with E-state index >= 15 is 0 Å². The van der Waals surface area contributed by atoms with Crippen LogP contribution in [0.25, 0.3) is 0 Å². The van der Waals surface area contributed by atoms with Crippen LogP contribution in [0.2, 0.25) is 0 Å². The van der Waals surface area contributed by atoms with E-state index in [-0.39, 0.29) is 37.0 Å². The number of nitrogens with two attached hydrogens (primary N) is 2. The fourth-order valence-electron chi connectivity index (χ4n) is 3.93. The van der Waals surface area contributed by atoms with Crippen molar-refractivity contribution in [3.63, 3.8) is 0 Å². The van der Waals surface area contributed by atoms with Crippen LogP contribution in [0.5, 0.6) is 0 Å². The highest BCUT2D eigenvalue weighted by molar-refractivity contribution is 6.01. The van der Waals surface area contributed by atoms with Crippen LogP contribution >= 0.6 is 0 Å². The summed E-state index contributed by atoms with van der Waals surface area (Å²) in [5.74, 6) is -5.42. The number of amides is 5. The molecule has 0 aromatic heterocycles. The van der Waals surface area contributed by atoms with Gasteiger partial charge in [-0.2, -0.15) is 0 Å². The molecule has 0 aliphatic carbocycles. The lowest BCUT2D eigenvalue weighted by atomic mass is 9.97. The third kappa shape index (κ3) is 14.6. The summed E-state index contributed by atoms with van der Waals surface area (Å²) in [6, 6.07) is 1.90. The minimum absolute atomic E-state index is 0.145. The van der Waals surface area contributed by atoms with Gasteiger partial charge in [-0.25, -0.2) is 0 Å². The van der Waals surface area contributed by atoms with Gasteiger partial charge in [0.25, 0.3) is 5.69 Å². The number of carboxylic acids is 1. The lowest BCUT2D eigenvalue weighted by molar-refractivity contribution is -0.384. The van der Waals surface area contributed by atoms with Gasteiger partial charge < -0.3 is 37.8 Å². The van der Waals surface area contributed by atoms with Gasteiger partial charge >= 0.3 is 5.97 Å². The van der Waals surface area contributed by atoms with Crippen molar-refractivity contribution in [2.24, 2.45) is 22.4 Å². The van der Waals surface area contributed by atoms with Gasteiger partial charge in [-0.1, -0.05) is 20.3 Å². The molecule has 0 saturated heterocycles. The molecule has 0 radical (unpaired) electrons. The van der Waals surface area contributed by atoms with Crippen molar-refractivity contribution in [1.29, 1.82) is 0 Å². The number of non-ortho nitro benzene ring substituents is 1. The summed E-state index contributed by atoms with van der Waals surface area (Å²) in [5, 5.41) is 32.3. The smallest absolute Gasteiger partial charge is 0.303 e. The molecule has 0 saturated carbocycles. The van der Waals surface area contributed by atoms with E-state index in [0.29, 0.717) is 18.5 Å². The fraction of sp³-hybridized carbons (Fsp3) is 0.519. The SMILES string of the molecule is CCC(C)C(NC(C)=O)C(=O)NC(CCC(=O)O)C(=O)NCC(=O)NC(=O)C(CCCN=C(N)N)Nc1ccc([N+](=O)[O-])cc1. The molecule has 0 heterocycles. The zero-order chi connectivity index (χ0) is 34.1. The number of nitro groups is 1. The normalized spacial score (nSPS) is 13.1. The maximum absolute atomic E-state index is 13.0. The number of carbonyl (C=O) groups excluding carboxylic acids is 5. The minimum Gasteiger partial charge on any atom is -0.481 e. The molecule has 4 unspecified atom stereocenters. The van der Waals surface area contributed by atoms with Crippen LogP contribution < -0.4 is 38.1 Å². The molecule has 5 amide bonds. The Labute approximate surface area is 259 Å².